The molecule has 0 fully saturated rings. The number of rotatable bonds is 15. The van der Waals surface area contributed by atoms with Gasteiger partial charge in [-0.1, -0.05) is 27.7 Å². The Morgan fingerprint density at radius 1 is 0.875 bits per heavy atom. The Hall–Kier alpha value is -0.940. The molecule has 0 aromatic heterocycles. The lowest BCUT2D eigenvalue weighted by atomic mass is 10.0. The molecule has 0 unspecified atom stereocenters. The third-order valence-electron chi connectivity index (χ3n) is 3.29. The quantitative estimate of drug-likeness (QED) is 0.459. The van der Waals surface area contributed by atoms with Gasteiger partial charge in [-0.3, -0.25) is 9.59 Å². The Bertz CT molecular complexity index is 293. The van der Waals surface area contributed by atoms with Crippen LogP contribution in [0.15, 0.2) is 0 Å². The second-order valence-electron chi connectivity index (χ2n) is 5.69. The first-order valence-corrected chi connectivity index (χ1v) is 9.52. The molecule has 0 heterocycles. The molecule has 1 N–H and O–H groups in total. The van der Waals surface area contributed by atoms with Crippen molar-refractivity contribution in [3.05, 3.63) is 0 Å². The SMILES string of the molecule is CC.CCOCCCCOCCCNC(=O)CCCC(=O)C(C)C. The third kappa shape index (κ3) is 19.1. The standard InChI is InChI=1S/C17H33NO4.C2H6/c1-4-21-12-5-6-13-22-14-8-11-18-17(20)10-7-9-16(19)15(2)3;1-2/h15H,4-14H2,1-3H3,(H,18,20);1-2H3. The van der Waals surface area contributed by atoms with E-state index in [1.165, 1.54) is 0 Å². The van der Waals surface area contributed by atoms with E-state index >= 15 is 0 Å². The van der Waals surface area contributed by atoms with Gasteiger partial charge < -0.3 is 14.8 Å². The van der Waals surface area contributed by atoms with E-state index in [-0.39, 0.29) is 17.6 Å². The molecule has 0 aromatic carbocycles. The van der Waals surface area contributed by atoms with E-state index in [1.54, 1.807) is 0 Å². The molecular weight excluding hydrogens is 306 g/mol. The van der Waals surface area contributed by atoms with Crippen LogP contribution in [0.4, 0.5) is 0 Å². The Morgan fingerprint density at radius 2 is 1.46 bits per heavy atom. The average Bonchev–Trinajstić information content (AvgIpc) is 2.58. The highest BCUT2D eigenvalue weighted by atomic mass is 16.5. The summed E-state index contributed by atoms with van der Waals surface area (Å²) in [6.07, 6.45) is 4.42. The minimum absolute atomic E-state index is 0.0215. The fraction of sp³-hybridized carbons (Fsp3) is 0.895. The summed E-state index contributed by atoms with van der Waals surface area (Å²) >= 11 is 0. The smallest absolute Gasteiger partial charge is 0.220 e. The van der Waals surface area contributed by atoms with Gasteiger partial charge in [-0.25, -0.2) is 0 Å². The van der Waals surface area contributed by atoms with Crippen molar-refractivity contribution >= 4 is 11.7 Å². The highest BCUT2D eigenvalue weighted by Gasteiger charge is 2.08. The van der Waals surface area contributed by atoms with Crippen molar-refractivity contribution in [2.24, 2.45) is 5.92 Å². The normalized spacial score (nSPS) is 10.2. The molecule has 5 nitrogen and oxygen atoms in total. The Balaban J connectivity index is 0. The van der Waals surface area contributed by atoms with Gasteiger partial charge in [-0.2, -0.15) is 0 Å². The molecule has 0 saturated heterocycles. The van der Waals surface area contributed by atoms with Crippen LogP contribution in [-0.4, -0.2) is 44.7 Å². The van der Waals surface area contributed by atoms with E-state index in [1.807, 2.05) is 34.6 Å². The fourth-order valence-corrected chi connectivity index (χ4v) is 1.86. The summed E-state index contributed by atoms with van der Waals surface area (Å²) in [4.78, 5) is 23.0. The van der Waals surface area contributed by atoms with Crippen molar-refractivity contribution in [3.8, 4) is 0 Å². The van der Waals surface area contributed by atoms with E-state index in [2.05, 4.69) is 5.32 Å². The number of ketones is 1. The van der Waals surface area contributed by atoms with Crippen molar-refractivity contribution < 1.29 is 19.1 Å². The van der Waals surface area contributed by atoms with Crippen LogP contribution in [0, 0.1) is 5.92 Å². The van der Waals surface area contributed by atoms with E-state index in [0.717, 1.165) is 39.1 Å². The first-order chi connectivity index (χ1) is 11.6. The summed E-state index contributed by atoms with van der Waals surface area (Å²) in [5, 5.41) is 2.85. The van der Waals surface area contributed by atoms with Gasteiger partial charge >= 0.3 is 0 Å². The van der Waals surface area contributed by atoms with Gasteiger partial charge in [-0.15, -0.1) is 0 Å². The second kappa shape index (κ2) is 20.1. The van der Waals surface area contributed by atoms with Crippen LogP contribution in [0.25, 0.3) is 0 Å². The Labute approximate surface area is 148 Å². The van der Waals surface area contributed by atoms with Gasteiger partial charge in [0, 0.05) is 51.7 Å². The molecule has 0 saturated carbocycles. The van der Waals surface area contributed by atoms with E-state index < -0.39 is 0 Å². The van der Waals surface area contributed by atoms with E-state index in [9.17, 15) is 9.59 Å². The molecule has 0 bridgehead atoms. The molecule has 0 atom stereocenters. The number of amides is 1. The zero-order valence-corrected chi connectivity index (χ0v) is 16.5. The summed E-state index contributed by atoms with van der Waals surface area (Å²) in [5.41, 5.74) is 0. The van der Waals surface area contributed by atoms with Crippen LogP contribution in [0.2, 0.25) is 0 Å². The molecule has 0 radical (unpaired) electrons. The van der Waals surface area contributed by atoms with Gasteiger partial charge in [0.25, 0.3) is 0 Å². The van der Waals surface area contributed by atoms with Crippen molar-refractivity contribution in [2.45, 2.75) is 73.1 Å². The Morgan fingerprint density at radius 3 is 2.04 bits per heavy atom. The van der Waals surface area contributed by atoms with Crippen LogP contribution in [0.1, 0.15) is 73.1 Å². The van der Waals surface area contributed by atoms with Crippen LogP contribution in [0.5, 0.6) is 0 Å². The molecule has 0 spiro atoms. The first-order valence-electron chi connectivity index (χ1n) is 9.52. The number of hydrogen-bond donors (Lipinski definition) is 1. The topological polar surface area (TPSA) is 64.6 Å². The van der Waals surface area contributed by atoms with Crippen LogP contribution < -0.4 is 5.32 Å². The van der Waals surface area contributed by atoms with Gasteiger partial charge in [0.1, 0.15) is 5.78 Å². The molecule has 24 heavy (non-hydrogen) atoms. The monoisotopic (exact) mass is 345 g/mol. The molecule has 0 aromatic rings. The lowest BCUT2D eigenvalue weighted by Crippen LogP contribution is -2.25. The maximum Gasteiger partial charge on any atom is 0.220 e. The zero-order chi connectivity index (χ0) is 18.6. The van der Waals surface area contributed by atoms with Crippen LogP contribution in [-0.2, 0) is 19.1 Å². The summed E-state index contributed by atoms with van der Waals surface area (Å²) in [6, 6.07) is 0. The third-order valence-corrected chi connectivity index (χ3v) is 3.29. The predicted molar refractivity (Wildman–Crippen MR) is 99.2 cm³/mol. The van der Waals surface area contributed by atoms with Crippen LogP contribution >= 0.6 is 0 Å². The second-order valence-corrected chi connectivity index (χ2v) is 5.69. The number of ether oxygens (including phenoxy) is 2. The predicted octanol–water partition coefficient (Wildman–Crippen LogP) is 3.75. The highest BCUT2D eigenvalue weighted by Crippen LogP contribution is 2.04. The van der Waals surface area contributed by atoms with Gasteiger partial charge in [0.05, 0.1) is 0 Å². The van der Waals surface area contributed by atoms with Crippen molar-refractivity contribution in [3.63, 3.8) is 0 Å². The van der Waals surface area contributed by atoms with Crippen LogP contribution in [0.3, 0.4) is 0 Å². The first kappa shape index (κ1) is 25.3. The minimum Gasteiger partial charge on any atom is -0.382 e. The number of carbonyl (C=O) groups excluding carboxylic acids is 2. The molecule has 1 amide bonds. The molecule has 0 aliphatic heterocycles. The minimum atomic E-state index is 0.0215. The van der Waals surface area contributed by atoms with Gasteiger partial charge in [0.15, 0.2) is 0 Å². The van der Waals surface area contributed by atoms with Gasteiger partial charge in [0.2, 0.25) is 5.91 Å². The van der Waals surface area contributed by atoms with Gasteiger partial charge in [-0.05, 0) is 32.6 Å². The van der Waals surface area contributed by atoms with Crippen molar-refractivity contribution in [1.29, 1.82) is 0 Å². The Kier molecular flexibility index (Phi) is 21.2. The summed E-state index contributed by atoms with van der Waals surface area (Å²) in [5.74, 6) is 0.313. The number of unbranched alkanes of at least 4 members (excludes halogenated alkanes) is 1. The lowest BCUT2D eigenvalue weighted by Gasteiger charge is -2.07. The maximum atomic E-state index is 11.6. The average molecular weight is 346 g/mol. The van der Waals surface area contributed by atoms with Crippen molar-refractivity contribution in [1.82, 2.24) is 5.32 Å². The molecular formula is C19H39NO4. The summed E-state index contributed by atoms with van der Waals surface area (Å²) < 4.78 is 10.7. The summed E-state index contributed by atoms with van der Waals surface area (Å²) in [6.45, 7) is 13.4. The molecule has 0 rings (SSSR count). The maximum absolute atomic E-state index is 11.6. The highest BCUT2D eigenvalue weighted by molar-refractivity contribution is 5.81. The van der Waals surface area contributed by atoms with Crippen molar-refractivity contribution in [2.75, 3.05) is 33.0 Å². The number of carbonyl (C=O) groups is 2. The van der Waals surface area contributed by atoms with E-state index in [4.69, 9.17) is 9.47 Å². The molecule has 5 heteroatoms. The molecule has 144 valence electrons. The van der Waals surface area contributed by atoms with E-state index in [0.29, 0.717) is 32.4 Å². The largest absolute Gasteiger partial charge is 0.382 e. The molecule has 0 aliphatic carbocycles. The number of Topliss-reactive ketones (excluding diaryl/α,β-unsaturated/α-hetero) is 1. The summed E-state index contributed by atoms with van der Waals surface area (Å²) in [7, 11) is 0. The fourth-order valence-electron chi connectivity index (χ4n) is 1.86. The molecule has 0 aliphatic rings. The lowest BCUT2D eigenvalue weighted by molar-refractivity contribution is -0.122. The zero-order valence-electron chi connectivity index (χ0n) is 16.5. The number of nitrogens with one attached hydrogen (secondary N) is 1. The number of hydrogen-bond acceptors (Lipinski definition) is 4.